The van der Waals surface area contributed by atoms with Crippen molar-refractivity contribution in [1.29, 1.82) is 0 Å². The first kappa shape index (κ1) is 22.0. The van der Waals surface area contributed by atoms with Crippen LogP contribution in [0.5, 0.6) is 5.75 Å². The van der Waals surface area contributed by atoms with Gasteiger partial charge in [0.1, 0.15) is 17.6 Å². The molecule has 0 fully saturated rings. The molecule has 0 spiro atoms. The number of H-pyrrole nitrogens is 1. The largest absolute Gasteiger partial charge is 0.497 e. The fraction of sp³-hybridized carbons (Fsp3) is 0.200. The molecule has 2 aromatic carbocycles. The van der Waals surface area contributed by atoms with Crippen molar-refractivity contribution >= 4 is 23.4 Å². The second kappa shape index (κ2) is 9.56. The summed E-state index contributed by atoms with van der Waals surface area (Å²) < 4.78 is 10.8. The third-order valence-electron chi connectivity index (χ3n) is 5.58. The van der Waals surface area contributed by atoms with Crippen LogP contribution in [0.25, 0.3) is 11.4 Å². The average Bonchev–Trinajstić information content (AvgIpc) is 3.64. The predicted octanol–water partition coefficient (Wildman–Crippen LogP) is 4.85. The van der Waals surface area contributed by atoms with Crippen molar-refractivity contribution in [3.05, 3.63) is 83.8 Å². The second-order valence-electron chi connectivity index (χ2n) is 7.87. The molecule has 0 radical (unpaired) electrons. The van der Waals surface area contributed by atoms with Crippen LogP contribution in [-0.2, 0) is 4.79 Å². The highest BCUT2D eigenvalue weighted by molar-refractivity contribution is 7.99. The van der Waals surface area contributed by atoms with E-state index in [4.69, 9.17) is 9.15 Å². The summed E-state index contributed by atoms with van der Waals surface area (Å²) in [4.78, 5) is 17.7. The molecule has 0 unspecified atom stereocenters. The number of amides is 1. The molecule has 0 bridgehead atoms. The number of hydrogen-bond donors (Lipinski definition) is 1. The van der Waals surface area contributed by atoms with Gasteiger partial charge >= 0.3 is 0 Å². The number of aromatic nitrogens is 3. The average molecular weight is 474 g/mol. The number of furan rings is 1. The molecular weight excluding hydrogens is 450 g/mol. The molecule has 2 aromatic heterocycles. The summed E-state index contributed by atoms with van der Waals surface area (Å²) in [5.41, 5.74) is 3.92. The molecule has 4 aromatic rings. The monoisotopic (exact) mass is 473 g/mol. The van der Waals surface area contributed by atoms with Gasteiger partial charge in [0.05, 0.1) is 24.8 Å². The Morgan fingerprint density at radius 2 is 1.91 bits per heavy atom. The number of rotatable bonds is 7. The van der Waals surface area contributed by atoms with Crippen molar-refractivity contribution in [2.24, 2.45) is 5.10 Å². The number of aryl methyl sites for hydroxylation is 1. The van der Waals surface area contributed by atoms with Gasteiger partial charge in [0.15, 0.2) is 5.82 Å². The third kappa shape index (κ3) is 4.60. The number of carbonyl (C=O) groups excluding carboxylic acids is 1. The zero-order chi connectivity index (χ0) is 23.5. The molecule has 3 heterocycles. The van der Waals surface area contributed by atoms with Gasteiger partial charge in [-0.3, -0.25) is 9.89 Å². The van der Waals surface area contributed by atoms with Crippen LogP contribution in [0.2, 0.25) is 0 Å². The van der Waals surface area contributed by atoms with Crippen molar-refractivity contribution in [2.45, 2.75) is 24.5 Å². The van der Waals surface area contributed by atoms with E-state index < -0.39 is 0 Å². The Labute approximate surface area is 201 Å². The van der Waals surface area contributed by atoms with E-state index in [0.717, 1.165) is 22.6 Å². The molecule has 1 N–H and O–H groups in total. The first-order chi connectivity index (χ1) is 16.6. The zero-order valence-corrected chi connectivity index (χ0v) is 19.6. The molecule has 1 atom stereocenters. The van der Waals surface area contributed by atoms with Crippen LogP contribution in [0.4, 0.5) is 0 Å². The van der Waals surface area contributed by atoms with Crippen molar-refractivity contribution in [3.8, 4) is 17.1 Å². The first-order valence-electron chi connectivity index (χ1n) is 10.8. The fourth-order valence-corrected chi connectivity index (χ4v) is 4.40. The number of carbonyl (C=O) groups is 1. The molecule has 0 saturated heterocycles. The number of benzene rings is 2. The maximum Gasteiger partial charge on any atom is 0.253 e. The number of hydrazone groups is 1. The van der Waals surface area contributed by atoms with Gasteiger partial charge < -0.3 is 9.15 Å². The van der Waals surface area contributed by atoms with E-state index in [0.29, 0.717) is 23.2 Å². The number of hydrogen-bond acceptors (Lipinski definition) is 7. The Balaban J connectivity index is 1.30. The molecule has 0 aliphatic carbocycles. The van der Waals surface area contributed by atoms with E-state index in [-0.39, 0.29) is 17.7 Å². The zero-order valence-electron chi connectivity index (χ0n) is 18.8. The lowest BCUT2D eigenvalue weighted by molar-refractivity contribution is -0.130. The van der Waals surface area contributed by atoms with Gasteiger partial charge in [0.25, 0.3) is 5.91 Å². The number of methoxy groups -OCH3 is 1. The van der Waals surface area contributed by atoms with Crippen LogP contribution in [0.1, 0.15) is 29.3 Å². The molecule has 1 aliphatic heterocycles. The van der Waals surface area contributed by atoms with Gasteiger partial charge in [0, 0.05) is 12.0 Å². The van der Waals surface area contributed by atoms with E-state index in [2.05, 4.69) is 20.3 Å². The van der Waals surface area contributed by atoms with E-state index in [1.165, 1.54) is 22.3 Å². The summed E-state index contributed by atoms with van der Waals surface area (Å²) in [5.74, 6) is 2.13. The Morgan fingerprint density at radius 1 is 1.15 bits per heavy atom. The molecule has 0 saturated carbocycles. The van der Waals surface area contributed by atoms with Gasteiger partial charge in [-0.1, -0.05) is 41.6 Å². The second-order valence-corrected chi connectivity index (χ2v) is 8.81. The van der Waals surface area contributed by atoms with Crippen molar-refractivity contribution in [2.75, 3.05) is 12.9 Å². The van der Waals surface area contributed by atoms with Crippen molar-refractivity contribution < 1.29 is 13.9 Å². The van der Waals surface area contributed by atoms with Crippen molar-refractivity contribution in [1.82, 2.24) is 20.2 Å². The smallest absolute Gasteiger partial charge is 0.253 e. The minimum Gasteiger partial charge on any atom is -0.497 e. The summed E-state index contributed by atoms with van der Waals surface area (Å²) in [6.07, 6.45) is 2.21. The lowest BCUT2D eigenvalue weighted by Gasteiger charge is -2.19. The lowest BCUT2D eigenvalue weighted by atomic mass is 10.0. The van der Waals surface area contributed by atoms with Gasteiger partial charge in [-0.25, -0.2) is 9.99 Å². The minimum absolute atomic E-state index is 0.135. The number of thioether (sulfide) groups is 1. The van der Waals surface area contributed by atoms with Crippen LogP contribution in [0, 0.1) is 6.92 Å². The van der Waals surface area contributed by atoms with E-state index in [9.17, 15) is 4.79 Å². The first-order valence-corrected chi connectivity index (χ1v) is 11.8. The molecule has 172 valence electrons. The molecule has 9 heteroatoms. The number of aromatic amines is 1. The number of ether oxygens (including phenoxy) is 1. The van der Waals surface area contributed by atoms with E-state index in [1.54, 1.807) is 13.4 Å². The summed E-state index contributed by atoms with van der Waals surface area (Å²) in [6, 6.07) is 19.1. The van der Waals surface area contributed by atoms with Gasteiger partial charge in [-0.2, -0.15) is 5.10 Å². The third-order valence-corrected chi connectivity index (χ3v) is 6.41. The summed E-state index contributed by atoms with van der Waals surface area (Å²) in [7, 11) is 1.62. The molecule has 5 rings (SSSR count). The highest BCUT2D eigenvalue weighted by Crippen LogP contribution is 2.34. The molecular formula is C25H23N5O3S. The Morgan fingerprint density at radius 3 is 2.62 bits per heavy atom. The SMILES string of the molecule is COc1ccc(-c2nc(SCC(=O)N3N=C(c4ccc(C)cc4)C[C@@H]3c3ccco3)n[nH]2)cc1. The van der Waals surface area contributed by atoms with Gasteiger partial charge in [-0.05, 0) is 48.9 Å². The minimum atomic E-state index is -0.276. The summed E-state index contributed by atoms with van der Waals surface area (Å²) in [6.45, 7) is 2.04. The Hall–Kier alpha value is -3.85. The molecule has 34 heavy (non-hydrogen) atoms. The lowest BCUT2D eigenvalue weighted by Crippen LogP contribution is -2.28. The van der Waals surface area contributed by atoms with Crippen LogP contribution < -0.4 is 4.74 Å². The van der Waals surface area contributed by atoms with Crippen LogP contribution in [-0.4, -0.2) is 44.7 Å². The maximum atomic E-state index is 13.2. The Kier molecular flexibility index (Phi) is 6.18. The molecule has 1 aliphatic rings. The summed E-state index contributed by atoms with van der Waals surface area (Å²) >= 11 is 1.27. The normalized spacial score (nSPS) is 15.4. The maximum absolute atomic E-state index is 13.2. The quantitative estimate of drug-likeness (QED) is 0.386. The number of nitrogens with zero attached hydrogens (tertiary/aromatic N) is 4. The van der Waals surface area contributed by atoms with E-state index in [1.807, 2.05) is 67.6 Å². The van der Waals surface area contributed by atoms with E-state index >= 15 is 0 Å². The molecule has 8 nitrogen and oxygen atoms in total. The van der Waals surface area contributed by atoms with Crippen LogP contribution in [0.15, 0.2) is 81.6 Å². The number of nitrogens with one attached hydrogen (secondary N) is 1. The summed E-state index contributed by atoms with van der Waals surface area (Å²) in [5, 5.41) is 13.9. The Bertz CT molecular complexity index is 1300. The highest BCUT2D eigenvalue weighted by Gasteiger charge is 2.34. The van der Waals surface area contributed by atoms with Crippen LogP contribution in [0.3, 0.4) is 0 Å². The van der Waals surface area contributed by atoms with Crippen LogP contribution >= 0.6 is 11.8 Å². The van der Waals surface area contributed by atoms with Crippen molar-refractivity contribution in [3.63, 3.8) is 0 Å². The fourth-order valence-electron chi connectivity index (χ4n) is 3.74. The highest BCUT2D eigenvalue weighted by atomic mass is 32.2. The standard InChI is InChI=1S/C25H23N5O3S/c1-16-5-7-17(8-6-16)20-14-21(22-4-3-13-33-22)30(29-20)23(31)15-34-25-26-24(27-28-25)18-9-11-19(32-2)12-10-18/h3-13,21H,14-15H2,1-2H3,(H,26,27,28)/t21-/m1/s1. The molecule has 1 amide bonds. The van der Waals surface area contributed by atoms with Gasteiger partial charge in [-0.15, -0.1) is 5.10 Å². The van der Waals surface area contributed by atoms with Gasteiger partial charge in [0.2, 0.25) is 5.16 Å². The topological polar surface area (TPSA) is 96.6 Å². The predicted molar refractivity (Wildman–Crippen MR) is 130 cm³/mol.